The van der Waals surface area contributed by atoms with Gasteiger partial charge in [-0.25, -0.2) is 0 Å². The molecule has 0 aliphatic heterocycles. The third-order valence-electron chi connectivity index (χ3n) is 6.50. The van der Waals surface area contributed by atoms with E-state index >= 15 is 0 Å². The van der Waals surface area contributed by atoms with Gasteiger partial charge in [0.05, 0.1) is 28.8 Å². The molecule has 4 aromatic rings. The van der Waals surface area contributed by atoms with Gasteiger partial charge < -0.3 is 20.8 Å². The number of hydrogen-bond donors (Lipinski definition) is 3. The summed E-state index contributed by atoms with van der Waals surface area (Å²) in [6.07, 6.45) is 0.542. The second-order valence-corrected chi connectivity index (χ2v) is 9.80. The molecule has 0 saturated carbocycles. The van der Waals surface area contributed by atoms with Crippen LogP contribution in [0.2, 0.25) is 5.02 Å². The van der Waals surface area contributed by atoms with Crippen LogP contribution in [-0.4, -0.2) is 18.5 Å². The lowest BCUT2D eigenvalue weighted by Crippen LogP contribution is -2.41. The highest BCUT2D eigenvalue weighted by molar-refractivity contribution is 6.34. The van der Waals surface area contributed by atoms with Crippen LogP contribution in [0.25, 0.3) is 11.3 Å². The van der Waals surface area contributed by atoms with Crippen LogP contribution in [0.5, 0.6) is 0 Å². The lowest BCUT2D eigenvalue weighted by atomic mass is 10.0. The number of nitrogens with two attached hydrogens (primary N) is 1. The molecular weight excluding hydrogens is 496 g/mol. The number of amides is 1. The first kappa shape index (κ1) is 27.2. The summed E-state index contributed by atoms with van der Waals surface area (Å²) in [6.45, 7) is 5.03. The Morgan fingerprint density at radius 1 is 1.05 bits per heavy atom. The average molecular weight is 527 g/mol. The molecule has 7 heteroatoms. The van der Waals surface area contributed by atoms with Crippen LogP contribution in [0.1, 0.15) is 51.3 Å². The Labute approximate surface area is 228 Å². The van der Waals surface area contributed by atoms with Gasteiger partial charge in [-0.2, -0.15) is 5.26 Å². The van der Waals surface area contributed by atoms with Gasteiger partial charge in [-0.1, -0.05) is 53.6 Å². The number of carbonyl (C=O) groups is 1. The van der Waals surface area contributed by atoms with E-state index in [2.05, 4.69) is 54.8 Å². The summed E-state index contributed by atoms with van der Waals surface area (Å²) >= 11 is 6.39. The van der Waals surface area contributed by atoms with Crippen LogP contribution in [-0.2, 0) is 13.0 Å². The number of halogens is 1. The van der Waals surface area contributed by atoms with Crippen molar-refractivity contribution in [2.24, 2.45) is 5.73 Å². The molecule has 2 unspecified atom stereocenters. The first-order valence-corrected chi connectivity index (χ1v) is 12.9. The zero-order chi connectivity index (χ0) is 27.1. The summed E-state index contributed by atoms with van der Waals surface area (Å²) in [6, 6.07) is 26.8. The number of hydrogen-bond acceptors (Lipinski definition) is 5. The van der Waals surface area contributed by atoms with E-state index in [-0.39, 0.29) is 24.5 Å². The van der Waals surface area contributed by atoms with Crippen molar-refractivity contribution < 1.29 is 9.21 Å². The first-order chi connectivity index (χ1) is 18.4. The topological polar surface area (TPSA) is 104 Å². The summed E-state index contributed by atoms with van der Waals surface area (Å²) < 4.78 is 6.07. The molecule has 4 rings (SSSR count). The molecule has 1 aromatic heterocycles. The molecule has 3 aromatic carbocycles. The molecule has 1 amide bonds. The highest BCUT2D eigenvalue weighted by atomic mass is 35.5. The Morgan fingerprint density at radius 2 is 1.79 bits per heavy atom. The molecule has 4 N–H and O–H groups in total. The molecule has 6 nitrogen and oxygen atoms in total. The summed E-state index contributed by atoms with van der Waals surface area (Å²) in [4.78, 5) is 13.1. The molecule has 0 saturated heterocycles. The molecule has 0 radical (unpaired) electrons. The molecule has 194 valence electrons. The van der Waals surface area contributed by atoms with Gasteiger partial charge in [0.2, 0.25) is 0 Å². The summed E-state index contributed by atoms with van der Waals surface area (Å²) in [7, 11) is 0. The van der Waals surface area contributed by atoms with E-state index in [0.717, 1.165) is 16.9 Å². The highest BCUT2D eigenvalue weighted by Gasteiger charge is 2.18. The quantitative estimate of drug-likeness (QED) is 0.237. The number of aryl methyl sites for hydroxylation is 1. The van der Waals surface area contributed by atoms with Crippen molar-refractivity contribution in [2.75, 3.05) is 6.54 Å². The van der Waals surface area contributed by atoms with Crippen molar-refractivity contribution in [2.45, 2.75) is 38.9 Å². The normalized spacial score (nSPS) is 12.5. The molecule has 1 heterocycles. The summed E-state index contributed by atoms with van der Waals surface area (Å²) in [5.74, 6) is 1.15. The van der Waals surface area contributed by atoms with Crippen LogP contribution in [0.4, 0.5) is 0 Å². The van der Waals surface area contributed by atoms with Crippen molar-refractivity contribution in [1.29, 1.82) is 5.26 Å². The van der Waals surface area contributed by atoms with Gasteiger partial charge in [-0.15, -0.1) is 0 Å². The minimum Gasteiger partial charge on any atom is -0.460 e. The van der Waals surface area contributed by atoms with E-state index in [0.29, 0.717) is 34.9 Å². The predicted molar refractivity (Wildman–Crippen MR) is 151 cm³/mol. The Hall–Kier alpha value is -3.89. The van der Waals surface area contributed by atoms with E-state index < -0.39 is 0 Å². The maximum absolute atomic E-state index is 13.1. The highest BCUT2D eigenvalue weighted by Crippen LogP contribution is 2.27. The fraction of sp³-hybridized carbons (Fsp3) is 0.226. The fourth-order valence-electron chi connectivity index (χ4n) is 4.16. The van der Waals surface area contributed by atoms with Crippen LogP contribution < -0.4 is 16.4 Å². The van der Waals surface area contributed by atoms with Gasteiger partial charge in [0, 0.05) is 24.2 Å². The van der Waals surface area contributed by atoms with E-state index in [1.54, 1.807) is 24.3 Å². The summed E-state index contributed by atoms with van der Waals surface area (Å²) in [5, 5.41) is 15.8. The third-order valence-corrected chi connectivity index (χ3v) is 6.83. The third kappa shape index (κ3) is 6.90. The van der Waals surface area contributed by atoms with Gasteiger partial charge in [0.15, 0.2) is 0 Å². The van der Waals surface area contributed by atoms with Crippen molar-refractivity contribution >= 4 is 17.5 Å². The number of nitrogens with zero attached hydrogens (tertiary/aromatic N) is 1. The maximum atomic E-state index is 13.1. The maximum Gasteiger partial charge on any atom is 0.253 e. The van der Waals surface area contributed by atoms with E-state index in [1.807, 2.05) is 30.3 Å². The van der Waals surface area contributed by atoms with Gasteiger partial charge in [0.25, 0.3) is 5.91 Å². The molecule has 0 fully saturated rings. The second-order valence-electron chi connectivity index (χ2n) is 9.39. The number of rotatable bonds is 10. The smallest absolute Gasteiger partial charge is 0.253 e. The monoisotopic (exact) mass is 526 g/mol. The lowest BCUT2D eigenvalue weighted by Gasteiger charge is -2.18. The summed E-state index contributed by atoms with van der Waals surface area (Å²) in [5.41, 5.74) is 11.1. The number of furan rings is 1. The number of nitrogens with one attached hydrogen (secondary N) is 2. The largest absolute Gasteiger partial charge is 0.460 e. The first-order valence-electron chi connectivity index (χ1n) is 12.5. The lowest BCUT2D eigenvalue weighted by molar-refractivity contribution is 0.0938. The van der Waals surface area contributed by atoms with Gasteiger partial charge in [0.1, 0.15) is 11.5 Å². The number of carbonyl (C=O) groups excluding carboxylic acids is 1. The Kier molecular flexibility index (Phi) is 8.98. The van der Waals surface area contributed by atoms with Crippen molar-refractivity contribution in [3.8, 4) is 17.4 Å². The van der Waals surface area contributed by atoms with Crippen LogP contribution in [0.15, 0.2) is 83.3 Å². The standard InChI is InChI=1S/C31H31ClN4O2/c1-20-3-9-24(10-4-20)21(2)35-19-27-12-14-30(38-27)25-11-13-29(32)28(16-25)31(37)36-26(18-34)15-22-5-7-23(17-33)8-6-22/h3-14,16,21,26,35H,15,18-19,34H2,1-2H3,(H,36,37). The second kappa shape index (κ2) is 12.6. The van der Waals surface area contributed by atoms with Gasteiger partial charge in [-0.3, -0.25) is 4.79 Å². The number of benzene rings is 3. The average Bonchev–Trinajstić information content (AvgIpc) is 3.41. The molecular formula is C31H31ClN4O2. The van der Waals surface area contributed by atoms with Crippen LogP contribution >= 0.6 is 11.6 Å². The minimum atomic E-state index is -0.304. The van der Waals surface area contributed by atoms with Crippen LogP contribution in [0.3, 0.4) is 0 Å². The zero-order valence-corrected chi connectivity index (χ0v) is 22.3. The Balaban J connectivity index is 1.41. The van der Waals surface area contributed by atoms with E-state index in [4.69, 9.17) is 27.0 Å². The molecule has 38 heavy (non-hydrogen) atoms. The zero-order valence-electron chi connectivity index (χ0n) is 21.5. The molecule has 0 spiro atoms. The van der Waals surface area contributed by atoms with Crippen LogP contribution in [0, 0.1) is 18.3 Å². The van der Waals surface area contributed by atoms with Gasteiger partial charge in [-0.05, 0) is 73.9 Å². The Morgan fingerprint density at radius 3 is 2.47 bits per heavy atom. The van der Waals surface area contributed by atoms with Crippen molar-refractivity contribution in [3.05, 3.63) is 117 Å². The minimum absolute atomic E-state index is 0.176. The molecule has 2 atom stereocenters. The Bertz CT molecular complexity index is 1420. The molecule has 0 aliphatic carbocycles. The SMILES string of the molecule is Cc1ccc(C(C)NCc2ccc(-c3ccc(Cl)c(C(=O)NC(CN)Cc4ccc(C#N)cc4)c3)o2)cc1. The van der Waals surface area contributed by atoms with E-state index in [1.165, 1.54) is 11.1 Å². The molecule has 0 bridgehead atoms. The number of nitriles is 1. The van der Waals surface area contributed by atoms with Gasteiger partial charge >= 0.3 is 0 Å². The fourth-order valence-corrected chi connectivity index (χ4v) is 4.37. The predicted octanol–water partition coefficient (Wildman–Crippen LogP) is 5.93. The van der Waals surface area contributed by atoms with E-state index in [9.17, 15) is 4.79 Å². The van der Waals surface area contributed by atoms with Crippen molar-refractivity contribution in [3.63, 3.8) is 0 Å². The van der Waals surface area contributed by atoms with Crippen molar-refractivity contribution in [1.82, 2.24) is 10.6 Å². The molecule has 0 aliphatic rings.